The monoisotopic (exact) mass is 379 g/mol. The smallest absolute Gasteiger partial charge is 0.259 e. The van der Waals surface area contributed by atoms with Gasteiger partial charge in [-0.1, -0.05) is 12.1 Å². The van der Waals surface area contributed by atoms with E-state index in [1.54, 1.807) is 30.1 Å². The Balaban J connectivity index is 1.63. The highest BCUT2D eigenvalue weighted by Crippen LogP contribution is 2.26. The SMILES string of the molecule is CCCn1cc(CNC(=O)c2cc(-c3cnn(C)c3)nc3onc(C)c23)cn1. The van der Waals surface area contributed by atoms with E-state index in [0.29, 0.717) is 34.6 Å². The van der Waals surface area contributed by atoms with Gasteiger partial charge in [0.05, 0.1) is 34.7 Å². The van der Waals surface area contributed by atoms with Crippen LogP contribution < -0.4 is 5.32 Å². The van der Waals surface area contributed by atoms with E-state index in [1.165, 1.54) is 0 Å². The second-order valence-electron chi connectivity index (χ2n) is 6.70. The molecule has 0 atom stereocenters. The van der Waals surface area contributed by atoms with Crippen molar-refractivity contribution in [3.05, 3.63) is 47.7 Å². The van der Waals surface area contributed by atoms with Crippen LogP contribution in [0.1, 0.15) is 35.0 Å². The summed E-state index contributed by atoms with van der Waals surface area (Å²) in [6, 6.07) is 1.75. The maximum absolute atomic E-state index is 12.9. The molecular formula is C19H21N7O2. The topological polar surface area (TPSA) is 104 Å². The summed E-state index contributed by atoms with van der Waals surface area (Å²) in [5.74, 6) is -0.216. The molecule has 9 nitrogen and oxygen atoms in total. The number of rotatable bonds is 6. The van der Waals surface area contributed by atoms with E-state index in [-0.39, 0.29) is 5.91 Å². The summed E-state index contributed by atoms with van der Waals surface area (Å²) >= 11 is 0. The van der Waals surface area contributed by atoms with Crippen molar-refractivity contribution in [1.82, 2.24) is 35.0 Å². The van der Waals surface area contributed by atoms with Crippen molar-refractivity contribution in [2.24, 2.45) is 7.05 Å². The lowest BCUT2D eigenvalue weighted by Gasteiger charge is -2.07. The second-order valence-corrected chi connectivity index (χ2v) is 6.70. The number of hydrogen-bond donors (Lipinski definition) is 1. The molecule has 0 aliphatic rings. The molecule has 0 spiro atoms. The van der Waals surface area contributed by atoms with Crippen LogP contribution in [0.25, 0.3) is 22.4 Å². The first kappa shape index (κ1) is 17.9. The number of aryl methyl sites for hydroxylation is 3. The second kappa shape index (κ2) is 7.26. The minimum atomic E-state index is -0.216. The number of carbonyl (C=O) groups excluding carboxylic acids is 1. The third-order valence-corrected chi connectivity index (χ3v) is 4.45. The van der Waals surface area contributed by atoms with E-state index in [4.69, 9.17) is 4.52 Å². The summed E-state index contributed by atoms with van der Waals surface area (Å²) in [5.41, 5.74) is 3.79. The number of nitrogens with zero attached hydrogens (tertiary/aromatic N) is 6. The molecule has 0 fully saturated rings. The number of aromatic nitrogens is 6. The van der Waals surface area contributed by atoms with Gasteiger partial charge in [-0.05, 0) is 19.4 Å². The molecule has 0 radical (unpaired) electrons. The number of carbonyl (C=O) groups is 1. The molecule has 4 heterocycles. The molecule has 4 aromatic rings. The van der Waals surface area contributed by atoms with Crippen molar-refractivity contribution in [3.63, 3.8) is 0 Å². The Morgan fingerprint density at radius 2 is 2.11 bits per heavy atom. The minimum Gasteiger partial charge on any atom is -0.348 e. The third-order valence-electron chi connectivity index (χ3n) is 4.45. The van der Waals surface area contributed by atoms with Gasteiger partial charge in [-0.3, -0.25) is 14.2 Å². The van der Waals surface area contributed by atoms with Gasteiger partial charge in [0, 0.05) is 43.7 Å². The van der Waals surface area contributed by atoms with Crippen LogP contribution in [0, 0.1) is 6.92 Å². The van der Waals surface area contributed by atoms with E-state index >= 15 is 0 Å². The summed E-state index contributed by atoms with van der Waals surface area (Å²) in [4.78, 5) is 17.4. The molecule has 1 amide bonds. The number of pyridine rings is 1. The fraction of sp³-hybridized carbons (Fsp3) is 0.316. The number of nitrogens with one attached hydrogen (secondary N) is 1. The molecule has 28 heavy (non-hydrogen) atoms. The molecule has 0 unspecified atom stereocenters. The molecule has 0 aromatic carbocycles. The minimum absolute atomic E-state index is 0.216. The summed E-state index contributed by atoms with van der Waals surface area (Å²) < 4.78 is 8.87. The van der Waals surface area contributed by atoms with Gasteiger partial charge in [0.15, 0.2) is 0 Å². The van der Waals surface area contributed by atoms with Gasteiger partial charge in [-0.15, -0.1) is 0 Å². The molecule has 4 rings (SSSR count). The predicted octanol–water partition coefficient (Wildman–Crippen LogP) is 2.47. The van der Waals surface area contributed by atoms with Crippen LogP contribution in [0.3, 0.4) is 0 Å². The average Bonchev–Trinajstić information content (AvgIpc) is 3.40. The van der Waals surface area contributed by atoms with Gasteiger partial charge in [0.1, 0.15) is 0 Å². The molecule has 4 aromatic heterocycles. The average molecular weight is 379 g/mol. The van der Waals surface area contributed by atoms with Gasteiger partial charge < -0.3 is 9.84 Å². The van der Waals surface area contributed by atoms with Gasteiger partial charge >= 0.3 is 0 Å². The maximum Gasteiger partial charge on any atom is 0.259 e. The van der Waals surface area contributed by atoms with Crippen LogP contribution in [-0.2, 0) is 20.1 Å². The number of fused-ring (bicyclic) bond motifs is 1. The molecule has 0 aliphatic carbocycles. The molecular weight excluding hydrogens is 358 g/mol. The zero-order chi connectivity index (χ0) is 19.7. The first-order chi connectivity index (χ1) is 13.5. The van der Waals surface area contributed by atoms with E-state index < -0.39 is 0 Å². The van der Waals surface area contributed by atoms with Crippen LogP contribution in [0.2, 0.25) is 0 Å². The Hall–Kier alpha value is -3.49. The van der Waals surface area contributed by atoms with Crippen molar-refractivity contribution in [3.8, 4) is 11.3 Å². The Bertz CT molecular complexity index is 1140. The molecule has 0 bridgehead atoms. The molecule has 144 valence electrons. The van der Waals surface area contributed by atoms with E-state index in [2.05, 4.69) is 32.6 Å². The van der Waals surface area contributed by atoms with Gasteiger partial charge in [0.2, 0.25) is 0 Å². The van der Waals surface area contributed by atoms with Gasteiger partial charge in [-0.25, -0.2) is 4.98 Å². The zero-order valence-electron chi connectivity index (χ0n) is 16.0. The van der Waals surface area contributed by atoms with E-state index in [1.807, 2.05) is 24.1 Å². The predicted molar refractivity (Wildman–Crippen MR) is 102 cm³/mol. The molecule has 0 aliphatic heterocycles. The van der Waals surface area contributed by atoms with Crippen molar-refractivity contribution in [2.75, 3.05) is 0 Å². The third kappa shape index (κ3) is 3.38. The van der Waals surface area contributed by atoms with Crippen LogP contribution in [0.5, 0.6) is 0 Å². The normalized spacial score (nSPS) is 11.2. The van der Waals surface area contributed by atoms with Crippen LogP contribution >= 0.6 is 0 Å². The van der Waals surface area contributed by atoms with Crippen molar-refractivity contribution >= 4 is 17.0 Å². The van der Waals surface area contributed by atoms with Gasteiger partial charge in [-0.2, -0.15) is 10.2 Å². The Kier molecular flexibility index (Phi) is 4.64. The van der Waals surface area contributed by atoms with Crippen molar-refractivity contribution < 1.29 is 9.32 Å². The fourth-order valence-electron chi connectivity index (χ4n) is 3.10. The number of hydrogen-bond acceptors (Lipinski definition) is 6. The van der Waals surface area contributed by atoms with E-state index in [0.717, 1.165) is 24.1 Å². The summed E-state index contributed by atoms with van der Waals surface area (Å²) in [6.07, 6.45) is 8.25. The van der Waals surface area contributed by atoms with E-state index in [9.17, 15) is 4.79 Å². The van der Waals surface area contributed by atoms with Crippen LogP contribution in [0.15, 0.2) is 35.4 Å². The maximum atomic E-state index is 12.9. The number of amides is 1. The highest BCUT2D eigenvalue weighted by molar-refractivity contribution is 6.06. The standard InChI is InChI=1S/C19H21N7O2/c1-4-5-26-10-13(8-22-26)7-20-18(27)15-6-16(14-9-21-25(3)11-14)23-19-17(15)12(2)24-28-19/h6,8-11H,4-5,7H2,1-3H3,(H,20,27). The largest absolute Gasteiger partial charge is 0.348 e. The fourth-order valence-corrected chi connectivity index (χ4v) is 3.10. The van der Waals surface area contributed by atoms with Crippen molar-refractivity contribution in [2.45, 2.75) is 33.4 Å². The first-order valence-corrected chi connectivity index (χ1v) is 9.10. The lowest BCUT2D eigenvalue weighted by molar-refractivity contribution is 0.0952. The first-order valence-electron chi connectivity index (χ1n) is 9.10. The molecule has 9 heteroatoms. The van der Waals surface area contributed by atoms with Crippen LogP contribution in [0.4, 0.5) is 0 Å². The zero-order valence-corrected chi connectivity index (χ0v) is 16.0. The highest BCUT2D eigenvalue weighted by Gasteiger charge is 2.19. The summed E-state index contributed by atoms with van der Waals surface area (Å²) in [6.45, 7) is 5.13. The molecule has 0 saturated heterocycles. The Morgan fingerprint density at radius 1 is 1.25 bits per heavy atom. The van der Waals surface area contributed by atoms with Crippen LogP contribution in [-0.4, -0.2) is 35.6 Å². The Morgan fingerprint density at radius 3 is 2.86 bits per heavy atom. The summed E-state index contributed by atoms with van der Waals surface area (Å²) in [7, 11) is 1.83. The highest BCUT2D eigenvalue weighted by atomic mass is 16.5. The molecule has 1 N–H and O–H groups in total. The Labute approximate surface area is 161 Å². The quantitative estimate of drug-likeness (QED) is 0.552. The summed E-state index contributed by atoms with van der Waals surface area (Å²) in [5, 5.41) is 16.0. The van der Waals surface area contributed by atoms with Crippen molar-refractivity contribution in [1.29, 1.82) is 0 Å². The molecule has 0 saturated carbocycles. The lowest BCUT2D eigenvalue weighted by Crippen LogP contribution is -2.23. The lowest BCUT2D eigenvalue weighted by atomic mass is 10.1. The van der Waals surface area contributed by atoms with Gasteiger partial charge in [0.25, 0.3) is 11.6 Å².